The maximum Gasteiger partial charge on any atom is 0.110 e. The van der Waals surface area contributed by atoms with E-state index in [0.29, 0.717) is 25.4 Å². The summed E-state index contributed by atoms with van der Waals surface area (Å²) >= 11 is 0. The fourth-order valence-electron chi connectivity index (χ4n) is 1.80. The van der Waals surface area contributed by atoms with Gasteiger partial charge in [-0.1, -0.05) is 0 Å². The van der Waals surface area contributed by atoms with Crippen molar-refractivity contribution in [2.24, 2.45) is 0 Å². The Morgan fingerprint density at radius 2 is 1.50 bits per heavy atom. The van der Waals surface area contributed by atoms with Crippen LogP contribution in [0, 0.1) is 0 Å². The van der Waals surface area contributed by atoms with Crippen LogP contribution in [0.5, 0.6) is 0 Å². The smallest absolute Gasteiger partial charge is 0.110 e. The Balaban J connectivity index is 0.000000154. The van der Waals surface area contributed by atoms with Gasteiger partial charge in [0.05, 0.1) is 38.6 Å². The second kappa shape index (κ2) is 8.04. The van der Waals surface area contributed by atoms with Crippen LogP contribution in [0.4, 0.5) is 0 Å². The SMILES string of the molecule is C1OCC2OC12.CN(C)[C@H]1COC[C@@H]1O.CNC. The van der Waals surface area contributed by atoms with Gasteiger partial charge < -0.3 is 29.5 Å². The second-order valence-corrected chi connectivity index (χ2v) is 4.89. The van der Waals surface area contributed by atoms with Crippen molar-refractivity contribution in [1.82, 2.24) is 10.2 Å². The fourth-order valence-corrected chi connectivity index (χ4v) is 1.80. The molecule has 0 aromatic rings. The van der Waals surface area contributed by atoms with Gasteiger partial charge >= 0.3 is 0 Å². The van der Waals surface area contributed by atoms with E-state index in [4.69, 9.17) is 14.2 Å². The molecular weight excluding hydrogens is 236 g/mol. The first-order valence-electron chi connectivity index (χ1n) is 6.34. The van der Waals surface area contributed by atoms with Crippen molar-refractivity contribution in [2.45, 2.75) is 24.4 Å². The van der Waals surface area contributed by atoms with E-state index in [2.05, 4.69) is 5.32 Å². The molecule has 0 amide bonds. The summed E-state index contributed by atoms with van der Waals surface area (Å²) in [6, 6.07) is 0.199. The van der Waals surface area contributed by atoms with Crippen LogP contribution in [-0.4, -0.2) is 89.0 Å². The quantitative estimate of drug-likeness (QED) is 0.587. The fraction of sp³-hybridized carbons (Fsp3) is 1.00. The Morgan fingerprint density at radius 1 is 1.00 bits per heavy atom. The first-order valence-corrected chi connectivity index (χ1v) is 6.34. The summed E-state index contributed by atoms with van der Waals surface area (Å²) in [4.78, 5) is 1.98. The predicted octanol–water partition coefficient (Wildman–Crippen LogP) is -1.07. The third-order valence-corrected chi connectivity index (χ3v) is 2.94. The van der Waals surface area contributed by atoms with Gasteiger partial charge in [0.15, 0.2) is 0 Å². The molecule has 0 spiro atoms. The Kier molecular flexibility index (Phi) is 7.06. The van der Waals surface area contributed by atoms with Gasteiger partial charge in [-0.05, 0) is 28.2 Å². The summed E-state index contributed by atoms with van der Waals surface area (Å²) < 4.78 is 15.0. The molecule has 0 aromatic heterocycles. The van der Waals surface area contributed by atoms with Gasteiger partial charge in [-0.25, -0.2) is 0 Å². The van der Waals surface area contributed by atoms with Crippen molar-refractivity contribution in [1.29, 1.82) is 0 Å². The zero-order valence-corrected chi connectivity index (χ0v) is 11.8. The molecule has 3 aliphatic heterocycles. The molecule has 4 atom stereocenters. The van der Waals surface area contributed by atoms with Crippen LogP contribution in [0.1, 0.15) is 0 Å². The van der Waals surface area contributed by atoms with Crippen molar-refractivity contribution in [3.8, 4) is 0 Å². The monoisotopic (exact) mass is 262 g/mol. The number of aliphatic hydroxyl groups excluding tert-OH is 1. The number of hydrogen-bond donors (Lipinski definition) is 2. The van der Waals surface area contributed by atoms with E-state index in [1.54, 1.807) is 0 Å². The van der Waals surface area contributed by atoms with Gasteiger partial charge in [0.1, 0.15) is 12.2 Å². The maximum absolute atomic E-state index is 9.19. The second-order valence-electron chi connectivity index (χ2n) is 4.89. The highest BCUT2D eigenvalue weighted by Crippen LogP contribution is 2.27. The third-order valence-electron chi connectivity index (χ3n) is 2.94. The van der Waals surface area contributed by atoms with Crippen molar-refractivity contribution in [3.05, 3.63) is 0 Å². The molecule has 3 aliphatic rings. The number of ether oxygens (including phenoxy) is 3. The van der Waals surface area contributed by atoms with Crippen molar-refractivity contribution < 1.29 is 19.3 Å². The minimum absolute atomic E-state index is 0.199. The summed E-state index contributed by atoms with van der Waals surface area (Å²) in [5.74, 6) is 0. The standard InChI is InChI=1S/C6H13NO2.C4H6O2.C2H7N/c1-7(2)5-3-9-4-6(5)8;1-3-4(6-3)2-5-1;1-3-2/h5-6,8H,3-4H2,1-2H3;3-4H,1-2H2;3H,1-2H3/t5-,6-;;/m0../s1. The van der Waals surface area contributed by atoms with Crippen LogP contribution in [0.3, 0.4) is 0 Å². The van der Waals surface area contributed by atoms with Gasteiger partial charge in [0.2, 0.25) is 0 Å². The lowest BCUT2D eigenvalue weighted by atomic mass is 10.2. The Hall–Kier alpha value is -0.240. The Labute approximate surface area is 109 Å². The minimum atomic E-state index is -0.292. The molecule has 0 aliphatic carbocycles. The average Bonchev–Trinajstić information content (AvgIpc) is 2.75. The zero-order valence-electron chi connectivity index (χ0n) is 11.8. The molecule has 3 heterocycles. The molecule has 2 N–H and O–H groups in total. The van der Waals surface area contributed by atoms with Gasteiger partial charge in [-0.15, -0.1) is 0 Å². The Morgan fingerprint density at radius 3 is 1.67 bits per heavy atom. The molecule has 3 fully saturated rings. The molecular formula is C12H26N2O4. The minimum Gasteiger partial charge on any atom is -0.389 e. The van der Waals surface area contributed by atoms with Crippen LogP contribution in [0.15, 0.2) is 0 Å². The van der Waals surface area contributed by atoms with Crippen LogP contribution in [0.25, 0.3) is 0 Å². The van der Waals surface area contributed by atoms with E-state index < -0.39 is 0 Å². The number of epoxide rings is 1. The van der Waals surface area contributed by atoms with Crippen molar-refractivity contribution >= 4 is 0 Å². The van der Waals surface area contributed by atoms with Gasteiger partial charge in [0.25, 0.3) is 0 Å². The summed E-state index contributed by atoms with van der Waals surface area (Å²) in [5.41, 5.74) is 0. The zero-order chi connectivity index (χ0) is 13.5. The molecule has 0 radical (unpaired) electrons. The van der Waals surface area contributed by atoms with Crippen LogP contribution >= 0.6 is 0 Å². The first kappa shape index (κ1) is 15.8. The van der Waals surface area contributed by atoms with E-state index in [1.807, 2.05) is 33.1 Å². The highest BCUT2D eigenvalue weighted by atomic mass is 16.7. The molecule has 108 valence electrons. The first-order chi connectivity index (χ1) is 8.60. The summed E-state index contributed by atoms with van der Waals surface area (Å²) in [5, 5.41) is 11.9. The molecule has 0 saturated carbocycles. The number of aliphatic hydroxyl groups is 1. The lowest BCUT2D eigenvalue weighted by molar-refractivity contribution is 0.100. The lowest BCUT2D eigenvalue weighted by Crippen LogP contribution is -2.37. The molecule has 2 unspecified atom stereocenters. The molecule has 3 rings (SSSR count). The van der Waals surface area contributed by atoms with Crippen LogP contribution in [-0.2, 0) is 14.2 Å². The largest absolute Gasteiger partial charge is 0.389 e. The third kappa shape index (κ3) is 5.17. The van der Waals surface area contributed by atoms with E-state index in [9.17, 15) is 5.11 Å². The molecule has 18 heavy (non-hydrogen) atoms. The molecule has 6 heteroatoms. The topological polar surface area (TPSA) is 66.5 Å². The van der Waals surface area contributed by atoms with E-state index in [1.165, 1.54) is 0 Å². The van der Waals surface area contributed by atoms with E-state index in [-0.39, 0.29) is 12.1 Å². The average molecular weight is 262 g/mol. The Bertz CT molecular complexity index is 220. The highest BCUT2D eigenvalue weighted by Gasteiger charge is 2.44. The predicted molar refractivity (Wildman–Crippen MR) is 68.8 cm³/mol. The molecule has 3 saturated heterocycles. The highest BCUT2D eigenvalue weighted by molar-refractivity contribution is 4.88. The molecule has 0 bridgehead atoms. The number of nitrogens with zero attached hydrogens (tertiary/aromatic N) is 1. The number of rotatable bonds is 1. The number of likely N-dealkylation sites (N-methyl/N-ethyl adjacent to an activating group) is 1. The van der Waals surface area contributed by atoms with Crippen LogP contribution < -0.4 is 5.32 Å². The van der Waals surface area contributed by atoms with Gasteiger partial charge in [-0.3, -0.25) is 0 Å². The van der Waals surface area contributed by atoms with Crippen LogP contribution in [0.2, 0.25) is 0 Å². The number of nitrogens with one attached hydrogen (secondary N) is 1. The van der Waals surface area contributed by atoms with Crippen molar-refractivity contribution in [3.63, 3.8) is 0 Å². The lowest BCUT2D eigenvalue weighted by Gasteiger charge is -2.19. The number of hydrogen-bond acceptors (Lipinski definition) is 6. The van der Waals surface area contributed by atoms with Gasteiger partial charge in [-0.2, -0.15) is 0 Å². The van der Waals surface area contributed by atoms with E-state index >= 15 is 0 Å². The summed E-state index contributed by atoms with van der Waals surface area (Å²) in [6.07, 6.45) is 0.690. The van der Waals surface area contributed by atoms with E-state index in [0.717, 1.165) is 13.2 Å². The number of fused-ring (bicyclic) bond motifs is 1. The maximum atomic E-state index is 9.19. The summed E-state index contributed by atoms with van der Waals surface area (Å²) in [7, 11) is 7.64. The van der Waals surface area contributed by atoms with Crippen molar-refractivity contribution in [2.75, 3.05) is 54.6 Å². The summed E-state index contributed by atoms with van der Waals surface area (Å²) in [6.45, 7) is 2.83. The molecule has 0 aromatic carbocycles. The van der Waals surface area contributed by atoms with Gasteiger partial charge in [0, 0.05) is 0 Å². The normalized spacial score (nSPS) is 36.3. The molecule has 6 nitrogen and oxygen atoms in total.